The Labute approximate surface area is 243 Å². The van der Waals surface area contributed by atoms with Crippen molar-refractivity contribution in [1.29, 1.82) is 0 Å². The van der Waals surface area contributed by atoms with Crippen LogP contribution in [-0.4, -0.2) is 41.2 Å². The van der Waals surface area contributed by atoms with Crippen molar-refractivity contribution in [3.05, 3.63) is 88.3 Å². The van der Waals surface area contributed by atoms with Crippen molar-refractivity contribution in [1.82, 2.24) is 15.5 Å². The minimum atomic E-state index is -4.60. The van der Waals surface area contributed by atoms with Gasteiger partial charge < -0.3 is 15.4 Å². The molecule has 2 aromatic carbocycles. The number of hydrogen-bond acceptors (Lipinski definition) is 6. The van der Waals surface area contributed by atoms with Crippen LogP contribution in [0.1, 0.15) is 67.1 Å². The smallest absolute Gasteiger partial charge is 0.406 e. The Bertz CT molecular complexity index is 1440. The van der Waals surface area contributed by atoms with Crippen molar-refractivity contribution in [3.8, 4) is 5.75 Å². The second kappa shape index (κ2) is 12.9. The minimum absolute atomic E-state index is 0.0312. The summed E-state index contributed by atoms with van der Waals surface area (Å²) in [6.07, 6.45) is -1.39. The van der Waals surface area contributed by atoms with Crippen LogP contribution in [0.25, 0.3) is 0 Å². The first-order valence-electron chi connectivity index (χ1n) is 14.0. The second-order valence-electron chi connectivity index (χ2n) is 11.3. The van der Waals surface area contributed by atoms with Crippen LogP contribution in [0.3, 0.4) is 0 Å². The maximum absolute atomic E-state index is 12.5. The van der Waals surface area contributed by atoms with Gasteiger partial charge in [0.05, 0.1) is 12.7 Å². The standard InChI is InChI=1S/C17H16N4O2.C8H7F3O.C7H14/c1-9(22)10-2-4-11(5-3-10)15-12-6-19-21-17(12)20-13-7-18-8-14(23)16(13)15;1-6-3-2-4-7(5-6)12-8(9,10)11;1-5-4-6(2)7(5)3/h2-6,15,18H,7-8H2,1H3,(H2,19,20,21);2-5H,1H3;5-7H,4H2,1-3H3. The highest BCUT2D eigenvalue weighted by atomic mass is 19.4. The number of nitrogens with one attached hydrogen (secondary N) is 3. The van der Waals surface area contributed by atoms with E-state index in [2.05, 4.69) is 46.3 Å². The molecule has 1 saturated carbocycles. The maximum atomic E-state index is 12.5. The van der Waals surface area contributed by atoms with Gasteiger partial charge in [0.1, 0.15) is 11.6 Å². The number of nitrogens with zero attached hydrogens (tertiary/aromatic N) is 1. The van der Waals surface area contributed by atoms with E-state index >= 15 is 0 Å². The van der Waals surface area contributed by atoms with Gasteiger partial charge in [0.15, 0.2) is 11.6 Å². The number of carbonyl (C=O) groups excluding carboxylic acids is 2. The number of Topliss-reactive ketones (excluding diaryl/α,β-unsaturated/α-hetero) is 2. The summed E-state index contributed by atoms with van der Waals surface area (Å²) in [6, 6.07) is 13.3. The van der Waals surface area contributed by atoms with Gasteiger partial charge in [-0.3, -0.25) is 14.7 Å². The number of aromatic amines is 1. The van der Waals surface area contributed by atoms with Gasteiger partial charge >= 0.3 is 6.36 Å². The van der Waals surface area contributed by atoms with E-state index in [0.29, 0.717) is 18.7 Å². The van der Waals surface area contributed by atoms with Gasteiger partial charge in [-0.05, 0) is 61.3 Å². The topological polar surface area (TPSA) is 96.1 Å². The van der Waals surface area contributed by atoms with Crippen LogP contribution < -0.4 is 15.4 Å². The summed E-state index contributed by atoms with van der Waals surface area (Å²) in [4.78, 5) is 23.9. The third-order valence-corrected chi connectivity index (χ3v) is 8.17. The number of carbonyl (C=O) groups is 2. The Morgan fingerprint density at radius 3 is 2.26 bits per heavy atom. The average molecular weight is 583 g/mol. The molecule has 3 unspecified atom stereocenters. The Morgan fingerprint density at radius 1 is 1.02 bits per heavy atom. The van der Waals surface area contributed by atoms with Crippen molar-refractivity contribution in [3.63, 3.8) is 0 Å². The lowest BCUT2D eigenvalue weighted by molar-refractivity contribution is -0.274. The molecule has 6 rings (SSSR count). The van der Waals surface area contributed by atoms with E-state index in [0.717, 1.165) is 51.5 Å². The van der Waals surface area contributed by atoms with Gasteiger partial charge in [-0.15, -0.1) is 13.2 Å². The zero-order valence-electron chi connectivity index (χ0n) is 24.4. The van der Waals surface area contributed by atoms with Crippen molar-refractivity contribution >= 4 is 17.4 Å². The second-order valence-corrected chi connectivity index (χ2v) is 11.3. The van der Waals surface area contributed by atoms with Crippen LogP contribution >= 0.6 is 0 Å². The van der Waals surface area contributed by atoms with E-state index in [9.17, 15) is 22.8 Å². The molecular weight excluding hydrogens is 545 g/mol. The summed E-state index contributed by atoms with van der Waals surface area (Å²) in [6.45, 7) is 11.2. The van der Waals surface area contributed by atoms with Crippen molar-refractivity contribution in [2.75, 3.05) is 18.4 Å². The Hall–Kier alpha value is -3.92. The first kappa shape index (κ1) is 31.0. The molecule has 2 aliphatic heterocycles. The quantitative estimate of drug-likeness (QED) is 0.295. The summed E-state index contributed by atoms with van der Waals surface area (Å²) >= 11 is 0. The number of ketones is 2. The number of benzene rings is 2. The molecule has 1 aromatic heterocycles. The Kier molecular flexibility index (Phi) is 9.56. The van der Waals surface area contributed by atoms with E-state index in [1.54, 1.807) is 26.1 Å². The highest BCUT2D eigenvalue weighted by Gasteiger charge is 2.36. The lowest BCUT2D eigenvalue weighted by atomic mass is 9.68. The van der Waals surface area contributed by atoms with Crippen LogP contribution in [0.15, 0.2) is 66.0 Å². The lowest BCUT2D eigenvalue weighted by Gasteiger charge is -2.38. The summed E-state index contributed by atoms with van der Waals surface area (Å²) < 4.78 is 38.6. The number of hydrogen-bond donors (Lipinski definition) is 3. The van der Waals surface area contributed by atoms with Gasteiger partial charge in [0.2, 0.25) is 0 Å². The number of anilines is 1. The SMILES string of the molecule is CC(=O)c1ccc(C2C3=C(CNCC3=O)Nc3[nH]ncc32)cc1.CC1CC(C)C1C.Cc1cccc(OC(F)(F)F)c1. The summed E-state index contributed by atoms with van der Waals surface area (Å²) in [5.41, 5.74) is 5.01. The molecule has 0 amide bonds. The molecule has 3 N–H and O–H groups in total. The molecular formula is C32H37F3N4O3. The van der Waals surface area contributed by atoms with Crippen LogP contribution in [0, 0.1) is 24.7 Å². The van der Waals surface area contributed by atoms with Crippen LogP contribution in [0.4, 0.5) is 19.0 Å². The van der Waals surface area contributed by atoms with Gasteiger partial charge in [-0.2, -0.15) is 5.10 Å². The first-order valence-corrected chi connectivity index (χ1v) is 14.0. The number of rotatable bonds is 3. The molecule has 3 aliphatic rings. The molecule has 1 aliphatic carbocycles. The molecule has 0 bridgehead atoms. The number of ether oxygens (including phenoxy) is 1. The minimum Gasteiger partial charge on any atom is -0.406 e. The molecule has 0 radical (unpaired) electrons. The number of H-pyrrole nitrogens is 1. The van der Waals surface area contributed by atoms with Gasteiger partial charge in [-0.25, -0.2) is 0 Å². The van der Waals surface area contributed by atoms with E-state index in [1.165, 1.54) is 24.6 Å². The fraction of sp³-hybridized carbons (Fsp3) is 0.406. The molecule has 224 valence electrons. The van der Waals surface area contributed by atoms with E-state index in [4.69, 9.17) is 0 Å². The highest BCUT2D eigenvalue weighted by molar-refractivity contribution is 6.02. The number of aryl methyl sites for hydroxylation is 1. The zero-order chi connectivity index (χ0) is 30.6. The molecule has 42 heavy (non-hydrogen) atoms. The van der Waals surface area contributed by atoms with Crippen molar-refractivity contribution < 1.29 is 27.5 Å². The molecule has 3 aromatic rings. The third-order valence-electron chi connectivity index (χ3n) is 8.17. The number of aromatic nitrogens is 2. The Morgan fingerprint density at radius 2 is 1.71 bits per heavy atom. The van der Waals surface area contributed by atoms with Crippen LogP contribution in [0.2, 0.25) is 0 Å². The molecule has 0 spiro atoms. The molecule has 7 nitrogen and oxygen atoms in total. The monoisotopic (exact) mass is 582 g/mol. The average Bonchev–Trinajstić information content (AvgIpc) is 3.40. The predicted octanol–water partition coefficient (Wildman–Crippen LogP) is 6.79. The van der Waals surface area contributed by atoms with Gasteiger partial charge in [0.25, 0.3) is 0 Å². The van der Waals surface area contributed by atoms with Crippen LogP contribution in [-0.2, 0) is 4.79 Å². The molecule has 10 heteroatoms. The highest BCUT2D eigenvalue weighted by Crippen LogP contribution is 2.42. The van der Waals surface area contributed by atoms with Crippen molar-refractivity contribution in [2.24, 2.45) is 17.8 Å². The number of fused-ring (bicyclic) bond motifs is 1. The molecule has 0 saturated heterocycles. The normalized spacial score (nSPS) is 22.6. The van der Waals surface area contributed by atoms with E-state index < -0.39 is 6.36 Å². The zero-order valence-corrected chi connectivity index (χ0v) is 24.4. The van der Waals surface area contributed by atoms with Crippen molar-refractivity contribution in [2.45, 2.75) is 53.3 Å². The van der Waals surface area contributed by atoms with Gasteiger partial charge in [-0.1, -0.05) is 57.2 Å². The predicted molar refractivity (Wildman–Crippen MR) is 155 cm³/mol. The number of halogens is 3. The van der Waals surface area contributed by atoms with E-state index in [1.807, 2.05) is 24.3 Å². The molecule has 3 heterocycles. The molecule has 1 fully saturated rings. The maximum Gasteiger partial charge on any atom is 0.573 e. The first-order chi connectivity index (χ1) is 19.8. The fourth-order valence-corrected chi connectivity index (χ4v) is 5.48. The number of alkyl halides is 3. The van der Waals surface area contributed by atoms with Gasteiger partial charge in [0, 0.05) is 34.9 Å². The summed E-state index contributed by atoms with van der Waals surface area (Å²) in [5, 5.41) is 13.4. The summed E-state index contributed by atoms with van der Waals surface area (Å²) in [7, 11) is 0. The fourth-order valence-electron chi connectivity index (χ4n) is 5.48. The van der Waals surface area contributed by atoms with Crippen LogP contribution in [0.5, 0.6) is 5.75 Å². The molecule has 3 atom stereocenters. The lowest BCUT2D eigenvalue weighted by Crippen LogP contribution is -2.39. The van der Waals surface area contributed by atoms with E-state index in [-0.39, 0.29) is 23.2 Å². The summed E-state index contributed by atoms with van der Waals surface area (Å²) in [5.74, 6) is 3.62. The largest absolute Gasteiger partial charge is 0.573 e. The Balaban J connectivity index is 0.000000177. The third kappa shape index (κ3) is 7.47.